The first-order chi connectivity index (χ1) is 18.4. The normalized spacial score (nSPS) is 41.0. The van der Waals surface area contributed by atoms with Gasteiger partial charge in [0.25, 0.3) is 0 Å². The average Bonchev–Trinajstić information content (AvgIpc) is 3.57. The summed E-state index contributed by atoms with van der Waals surface area (Å²) in [6.07, 6.45) is 2.23. The lowest BCUT2D eigenvalue weighted by Gasteiger charge is -2.36. The number of aromatic nitrogens is 3. The second-order valence-corrected chi connectivity index (χ2v) is 16.0. The Balaban J connectivity index is 1.28. The van der Waals surface area contributed by atoms with Crippen molar-refractivity contribution in [1.82, 2.24) is 14.6 Å². The van der Waals surface area contributed by atoms with Crippen LogP contribution < -0.4 is 5.73 Å². The SMILES string of the molecule is C=NC[C@@]1(c2ccc3c(N)ncnn23)O[C@H](CO[P@@]2(=O)O[C@@H]3C[C@@H](C(=C)C)CC[C@@]3(C)S2)[C@H]2OC(C)(C)O[C@H]21. The van der Waals surface area contributed by atoms with Crippen LogP contribution in [0.5, 0.6) is 0 Å². The molecule has 0 bridgehead atoms. The summed E-state index contributed by atoms with van der Waals surface area (Å²) in [5, 5.41) is 4.42. The summed E-state index contributed by atoms with van der Waals surface area (Å²) in [4.78, 5) is 8.31. The van der Waals surface area contributed by atoms with Crippen molar-refractivity contribution in [2.75, 3.05) is 18.9 Å². The number of anilines is 1. The van der Waals surface area contributed by atoms with Crippen LogP contribution in [0, 0.1) is 5.92 Å². The summed E-state index contributed by atoms with van der Waals surface area (Å²) in [7, 11) is 0. The van der Waals surface area contributed by atoms with Gasteiger partial charge in [0.1, 0.15) is 30.2 Å². The molecule has 0 spiro atoms. The summed E-state index contributed by atoms with van der Waals surface area (Å²) in [6, 6.07) is 3.71. The zero-order valence-corrected chi connectivity index (χ0v) is 24.5. The highest BCUT2D eigenvalue weighted by Crippen LogP contribution is 2.75. The van der Waals surface area contributed by atoms with Gasteiger partial charge >= 0.3 is 6.80 Å². The molecule has 0 amide bonds. The van der Waals surface area contributed by atoms with Crippen LogP contribution in [0.4, 0.5) is 5.82 Å². The molecule has 0 radical (unpaired) electrons. The highest BCUT2D eigenvalue weighted by Gasteiger charge is 2.65. The molecule has 0 aromatic carbocycles. The van der Waals surface area contributed by atoms with Crippen molar-refractivity contribution in [3.05, 3.63) is 36.3 Å². The second-order valence-electron chi connectivity index (χ2n) is 11.7. The topological polar surface area (TPSA) is 132 Å². The van der Waals surface area contributed by atoms with E-state index in [9.17, 15) is 4.57 Å². The number of hydrogen-bond donors (Lipinski definition) is 1. The molecule has 8 atom stereocenters. The van der Waals surface area contributed by atoms with E-state index in [1.54, 1.807) is 4.52 Å². The van der Waals surface area contributed by atoms with Gasteiger partial charge in [-0.15, -0.1) is 0 Å². The molecule has 0 unspecified atom stereocenters. The minimum Gasteiger partial charge on any atom is -0.382 e. The summed E-state index contributed by atoms with van der Waals surface area (Å²) in [6.45, 7) is 12.5. The molecule has 2 aromatic heterocycles. The van der Waals surface area contributed by atoms with Crippen molar-refractivity contribution >= 4 is 36.2 Å². The predicted molar refractivity (Wildman–Crippen MR) is 149 cm³/mol. The molecule has 13 heteroatoms. The number of hydrogen-bond acceptors (Lipinski definition) is 11. The number of nitrogen functional groups attached to an aromatic ring is 1. The first kappa shape index (κ1) is 27.4. The Morgan fingerprint density at radius 1 is 1.33 bits per heavy atom. The van der Waals surface area contributed by atoms with Crippen LogP contribution in [-0.2, 0) is 33.4 Å². The number of nitrogens with zero attached hydrogens (tertiary/aromatic N) is 4. The third kappa shape index (κ3) is 4.48. The first-order valence-corrected chi connectivity index (χ1v) is 16.2. The lowest BCUT2D eigenvalue weighted by atomic mass is 9.77. The van der Waals surface area contributed by atoms with E-state index in [1.165, 1.54) is 17.7 Å². The fourth-order valence-corrected chi connectivity index (χ4v) is 11.5. The van der Waals surface area contributed by atoms with Gasteiger partial charge in [0.15, 0.2) is 17.2 Å². The van der Waals surface area contributed by atoms with E-state index in [0.717, 1.165) is 24.8 Å². The number of aliphatic imine (C=N–C) groups is 1. The van der Waals surface area contributed by atoms with Crippen molar-refractivity contribution in [2.24, 2.45) is 10.9 Å². The van der Waals surface area contributed by atoms with E-state index in [1.807, 2.05) is 32.9 Å². The highest BCUT2D eigenvalue weighted by atomic mass is 32.7. The Morgan fingerprint density at radius 2 is 2.13 bits per heavy atom. The summed E-state index contributed by atoms with van der Waals surface area (Å²) < 4.78 is 47.0. The monoisotopic (exact) mass is 577 g/mol. The summed E-state index contributed by atoms with van der Waals surface area (Å²) >= 11 is 1.32. The van der Waals surface area contributed by atoms with Crippen molar-refractivity contribution in [1.29, 1.82) is 0 Å². The maximum absolute atomic E-state index is 13.9. The van der Waals surface area contributed by atoms with E-state index in [-0.39, 0.29) is 24.0 Å². The van der Waals surface area contributed by atoms with Crippen LogP contribution in [0.15, 0.2) is 35.6 Å². The van der Waals surface area contributed by atoms with E-state index >= 15 is 0 Å². The average molecular weight is 578 g/mol. The van der Waals surface area contributed by atoms with Crippen LogP contribution in [0.3, 0.4) is 0 Å². The van der Waals surface area contributed by atoms with Gasteiger partial charge in [0.2, 0.25) is 0 Å². The van der Waals surface area contributed by atoms with Crippen LogP contribution >= 0.6 is 18.2 Å². The van der Waals surface area contributed by atoms with Crippen molar-refractivity contribution in [3.8, 4) is 0 Å². The molecule has 39 heavy (non-hydrogen) atoms. The third-order valence-corrected chi connectivity index (χ3v) is 13.0. The van der Waals surface area contributed by atoms with E-state index in [0.29, 0.717) is 22.9 Å². The van der Waals surface area contributed by atoms with Crippen molar-refractivity contribution in [2.45, 2.75) is 87.5 Å². The second kappa shape index (κ2) is 9.37. The molecule has 2 aromatic rings. The van der Waals surface area contributed by atoms with E-state index < -0.39 is 36.5 Å². The Hall–Kier alpha value is -1.79. The molecule has 1 saturated carbocycles. The Bertz CT molecular complexity index is 1370. The van der Waals surface area contributed by atoms with Gasteiger partial charge in [-0.1, -0.05) is 12.2 Å². The van der Waals surface area contributed by atoms with Crippen molar-refractivity contribution in [3.63, 3.8) is 0 Å². The number of nitrogens with two attached hydrogens (primary N) is 1. The smallest absolute Gasteiger partial charge is 0.382 e. The van der Waals surface area contributed by atoms with Gasteiger partial charge in [0.05, 0.1) is 29.7 Å². The molecule has 3 saturated heterocycles. The first-order valence-electron chi connectivity index (χ1n) is 13.2. The van der Waals surface area contributed by atoms with Crippen molar-refractivity contribution < 1.29 is 27.8 Å². The molecule has 6 rings (SSSR count). The fourth-order valence-electron chi connectivity index (χ4n) is 6.42. The van der Waals surface area contributed by atoms with Gasteiger partial charge in [-0.3, -0.25) is 14.0 Å². The summed E-state index contributed by atoms with van der Waals surface area (Å²) in [5.74, 6) is -0.177. The lowest BCUT2D eigenvalue weighted by Crippen LogP contribution is -2.44. The maximum Gasteiger partial charge on any atom is 0.390 e. The predicted octanol–water partition coefficient (Wildman–Crippen LogP) is 4.52. The van der Waals surface area contributed by atoms with Crippen LogP contribution in [-0.4, -0.2) is 69.4 Å². The molecule has 3 aliphatic heterocycles. The number of rotatable bonds is 7. The van der Waals surface area contributed by atoms with Crippen LogP contribution in [0.25, 0.3) is 5.52 Å². The molecule has 1 aliphatic carbocycles. The zero-order chi connectivity index (χ0) is 27.8. The molecule has 5 heterocycles. The molecule has 2 N–H and O–H groups in total. The van der Waals surface area contributed by atoms with Gasteiger partial charge in [-0.25, -0.2) is 14.1 Å². The number of fused-ring (bicyclic) bond motifs is 3. The van der Waals surface area contributed by atoms with Crippen LogP contribution in [0.1, 0.15) is 52.7 Å². The molecule has 11 nitrogen and oxygen atoms in total. The number of allylic oxidation sites excluding steroid dienone is 1. The van der Waals surface area contributed by atoms with Gasteiger partial charge < -0.3 is 19.9 Å². The highest BCUT2D eigenvalue weighted by molar-refractivity contribution is 8.56. The van der Waals surface area contributed by atoms with E-state index in [4.69, 9.17) is 29.0 Å². The maximum atomic E-state index is 13.9. The molecular formula is C26H36N5O6PS. The van der Waals surface area contributed by atoms with Crippen LogP contribution in [0.2, 0.25) is 0 Å². The number of ether oxygens (including phenoxy) is 3. The van der Waals surface area contributed by atoms with Gasteiger partial charge in [-0.2, -0.15) is 5.10 Å². The van der Waals surface area contributed by atoms with Gasteiger partial charge in [0, 0.05) is 0 Å². The van der Waals surface area contributed by atoms with Gasteiger partial charge in [-0.05, 0) is 83.1 Å². The zero-order valence-electron chi connectivity index (χ0n) is 22.7. The minimum absolute atomic E-state index is 0.00305. The molecule has 4 fully saturated rings. The Labute approximate surface area is 232 Å². The molecule has 4 aliphatic rings. The largest absolute Gasteiger partial charge is 0.390 e. The van der Waals surface area contributed by atoms with E-state index in [2.05, 4.69) is 35.3 Å². The fraction of sp³-hybridized carbons (Fsp3) is 0.654. The Kier molecular flexibility index (Phi) is 6.58. The quantitative estimate of drug-likeness (QED) is 0.285. The summed E-state index contributed by atoms with van der Waals surface area (Å²) in [5.41, 5.74) is 7.45. The standard InChI is InChI=1S/C26H36N5O6PS/c1-15(2)16-9-10-25(5)20(11-16)37-38(32,39-25)33-12-18-21-22(36-24(3,4)35-21)26(34-18,13-28-6)19-8-7-17-23(27)29-14-30-31(17)19/h7-8,14,16,18,20-22H,1,6,9-13H2,2-5H3,(H2,27,29,30)/t16-,18+,20+,21+,22+,25+,26-,38-/m0/s1. The third-order valence-electron chi connectivity index (χ3n) is 8.42. The lowest BCUT2D eigenvalue weighted by molar-refractivity contribution is -0.213. The Morgan fingerprint density at radius 3 is 2.87 bits per heavy atom. The molecular weight excluding hydrogens is 541 g/mol. The minimum atomic E-state index is -3.45. The molecule has 212 valence electrons.